The Labute approximate surface area is 279 Å². The predicted molar refractivity (Wildman–Crippen MR) is 166 cm³/mol. The molecule has 6 N–H and O–H groups in total. The van der Waals surface area contributed by atoms with Gasteiger partial charge in [0.25, 0.3) is 0 Å². The van der Waals surface area contributed by atoms with Crippen molar-refractivity contribution in [1.29, 1.82) is 0 Å². The Morgan fingerprint density at radius 3 is 1.96 bits per heavy atom. The largest absolute Gasteiger partial charge is 0.493 e. The first-order chi connectivity index (χ1) is 23.4. The number of hydrogen-bond donors (Lipinski definition) is 6. The number of rotatable bonds is 11. The fourth-order valence-corrected chi connectivity index (χ4v) is 5.81. The molecule has 0 spiro atoms. The standard InChI is InChI=1S/C32H40O17/c1-12-26(48-32-24(38)22(36)20(34)18(11-33)47-32)23(37)25(39)31(45-12)49-29-19-16(10-17(42-4)28(29)43-5)46-27(30(44-6)21(19)35)13-7-8-14(40-2)15(9-13)41-3/h7-10,12,18,20,22-26,31-34,36-39H,11H2,1-6H3/t12?,18?,20-,22+,23-,24?,25?,26+,31+,32+/m1/s1. The molecule has 2 aliphatic rings. The first kappa shape index (κ1) is 36.4. The third-order valence-electron chi connectivity index (χ3n) is 8.44. The molecule has 2 aromatic carbocycles. The molecule has 4 unspecified atom stereocenters. The van der Waals surface area contributed by atoms with Gasteiger partial charge in [0.2, 0.25) is 23.2 Å². The van der Waals surface area contributed by atoms with E-state index in [1.807, 2.05) is 0 Å². The summed E-state index contributed by atoms with van der Waals surface area (Å²) in [5.74, 6) is 0.401. The zero-order valence-corrected chi connectivity index (χ0v) is 27.5. The quantitative estimate of drug-likeness (QED) is 0.149. The number of aliphatic hydroxyl groups is 6. The zero-order valence-electron chi connectivity index (χ0n) is 27.5. The van der Waals surface area contributed by atoms with Crippen molar-refractivity contribution in [3.05, 3.63) is 34.5 Å². The zero-order chi connectivity index (χ0) is 35.7. The fraction of sp³-hybridized carbons (Fsp3) is 0.531. The molecule has 17 heteroatoms. The van der Waals surface area contributed by atoms with Crippen molar-refractivity contribution in [2.75, 3.05) is 42.2 Å². The highest BCUT2D eigenvalue weighted by molar-refractivity contribution is 5.92. The van der Waals surface area contributed by atoms with Crippen LogP contribution in [0.25, 0.3) is 22.3 Å². The van der Waals surface area contributed by atoms with E-state index in [0.717, 1.165) is 0 Å². The van der Waals surface area contributed by atoms with Crippen molar-refractivity contribution in [3.63, 3.8) is 0 Å². The van der Waals surface area contributed by atoms with E-state index in [-0.39, 0.29) is 39.7 Å². The SMILES string of the molecule is COc1ccc(-c2oc3cc(OC)c(OC)c(O[C@@H]4OC(C)[C@H](O[C@@H]5OC(CO)[C@@H](O)[C@H](O)C5O)[C@H](O)C4O)c3c(=O)c2OC)cc1OC. The van der Waals surface area contributed by atoms with Crippen LogP contribution in [0.15, 0.2) is 33.5 Å². The van der Waals surface area contributed by atoms with E-state index in [1.54, 1.807) is 18.2 Å². The molecule has 2 saturated heterocycles. The molecule has 0 amide bonds. The molecule has 0 bridgehead atoms. The summed E-state index contributed by atoms with van der Waals surface area (Å²) in [7, 11) is 6.87. The van der Waals surface area contributed by atoms with Gasteiger partial charge < -0.3 is 77.7 Å². The Morgan fingerprint density at radius 2 is 1.35 bits per heavy atom. The number of methoxy groups -OCH3 is 5. The van der Waals surface area contributed by atoms with Gasteiger partial charge in [-0.1, -0.05) is 0 Å². The van der Waals surface area contributed by atoms with Gasteiger partial charge in [0.15, 0.2) is 35.0 Å². The Hall–Kier alpha value is -3.91. The summed E-state index contributed by atoms with van der Waals surface area (Å²) in [6.45, 7) is 0.765. The summed E-state index contributed by atoms with van der Waals surface area (Å²) in [6.07, 6.45) is -15.7. The molecule has 1 aromatic heterocycles. The first-order valence-electron chi connectivity index (χ1n) is 15.1. The van der Waals surface area contributed by atoms with Gasteiger partial charge in [0, 0.05) is 11.6 Å². The molecule has 270 valence electrons. The molecule has 0 aliphatic carbocycles. The lowest BCUT2D eigenvalue weighted by molar-refractivity contribution is -0.348. The van der Waals surface area contributed by atoms with Crippen LogP contribution < -0.4 is 33.8 Å². The van der Waals surface area contributed by atoms with Crippen molar-refractivity contribution in [2.45, 2.75) is 68.3 Å². The second-order valence-corrected chi connectivity index (χ2v) is 11.3. The van der Waals surface area contributed by atoms with E-state index in [1.165, 1.54) is 48.5 Å². The predicted octanol–water partition coefficient (Wildman–Crippen LogP) is -0.466. The maximum Gasteiger partial charge on any atom is 0.239 e. The van der Waals surface area contributed by atoms with E-state index in [0.29, 0.717) is 17.1 Å². The van der Waals surface area contributed by atoms with Crippen LogP contribution in [0, 0.1) is 0 Å². The molecule has 0 radical (unpaired) electrons. The average Bonchev–Trinajstić information content (AvgIpc) is 3.11. The van der Waals surface area contributed by atoms with Crippen LogP contribution in [0.5, 0.6) is 34.5 Å². The molecule has 17 nitrogen and oxygen atoms in total. The average molecular weight is 697 g/mol. The van der Waals surface area contributed by atoms with Crippen molar-refractivity contribution < 1.29 is 77.7 Å². The smallest absolute Gasteiger partial charge is 0.239 e. The van der Waals surface area contributed by atoms with Gasteiger partial charge in [-0.15, -0.1) is 0 Å². The highest BCUT2D eigenvalue weighted by Gasteiger charge is 2.50. The molecule has 3 aromatic rings. The lowest BCUT2D eigenvalue weighted by Gasteiger charge is -2.45. The number of aliphatic hydroxyl groups excluding tert-OH is 6. The lowest BCUT2D eigenvalue weighted by Crippen LogP contribution is -2.64. The Morgan fingerprint density at radius 1 is 0.694 bits per heavy atom. The topological polar surface area (TPSA) is 235 Å². The van der Waals surface area contributed by atoms with Gasteiger partial charge in [-0.25, -0.2) is 0 Å². The minimum atomic E-state index is -1.84. The summed E-state index contributed by atoms with van der Waals surface area (Å²) in [5, 5.41) is 62.3. The van der Waals surface area contributed by atoms with E-state index < -0.39 is 73.4 Å². The minimum absolute atomic E-state index is 0.0223. The van der Waals surface area contributed by atoms with Gasteiger partial charge in [0.05, 0.1) is 48.3 Å². The summed E-state index contributed by atoms with van der Waals surface area (Å²) in [6, 6.07) is 6.28. The molecular formula is C32H40O17. The normalized spacial score (nSPS) is 30.1. The van der Waals surface area contributed by atoms with Gasteiger partial charge >= 0.3 is 0 Å². The summed E-state index contributed by atoms with van der Waals surface area (Å²) >= 11 is 0. The van der Waals surface area contributed by atoms with Crippen LogP contribution in [0.3, 0.4) is 0 Å². The van der Waals surface area contributed by atoms with Crippen molar-refractivity contribution in [1.82, 2.24) is 0 Å². The van der Waals surface area contributed by atoms with Crippen molar-refractivity contribution in [3.8, 4) is 45.8 Å². The Kier molecular flexibility index (Phi) is 11.1. The van der Waals surface area contributed by atoms with Crippen LogP contribution >= 0.6 is 0 Å². The van der Waals surface area contributed by atoms with Crippen LogP contribution in [0.2, 0.25) is 0 Å². The molecule has 0 saturated carbocycles. The number of hydrogen-bond acceptors (Lipinski definition) is 17. The summed E-state index contributed by atoms with van der Waals surface area (Å²) in [4.78, 5) is 14.1. The molecular weight excluding hydrogens is 656 g/mol. The second-order valence-electron chi connectivity index (χ2n) is 11.3. The molecule has 3 heterocycles. The number of benzene rings is 2. The third kappa shape index (κ3) is 6.56. The van der Waals surface area contributed by atoms with Gasteiger partial charge in [-0.3, -0.25) is 4.79 Å². The van der Waals surface area contributed by atoms with Crippen molar-refractivity contribution >= 4 is 11.0 Å². The van der Waals surface area contributed by atoms with Gasteiger partial charge in [-0.2, -0.15) is 0 Å². The highest BCUT2D eigenvalue weighted by Crippen LogP contribution is 2.46. The maximum absolute atomic E-state index is 14.1. The minimum Gasteiger partial charge on any atom is -0.493 e. The van der Waals surface area contributed by atoms with Crippen LogP contribution in [-0.4, -0.2) is 134 Å². The van der Waals surface area contributed by atoms with Crippen LogP contribution in [0.1, 0.15) is 6.92 Å². The monoisotopic (exact) mass is 696 g/mol. The fourth-order valence-electron chi connectivity index (χ4n) is 5.81. The van der Waals surface area contributed by atoms with Crippen LogP contribution in [0.4, 0.5) is 0 Å². The maximum atomic E-state index is 14.1. The van der Waals surface area contributed by atoms with E-state index in [9.17, 15) is 35.4 Å². The molecule has 5 rings (SSSR count). The Bertz CT molecular complexity index is 1670. The van der Waals surface area contributed by atoms with Crippen molar-refractivity contribution in [2.24, 2.45) is 0 Å². The lowest BCUT2D eigenvalue weighted by atomic mass is 9.97. The second kappa shape index (κ2) is 14.9. The van der Waals surface area contributed by atoms with Gasteiger partial charge in [-0.05, 0) is 25.1 Å². The summed E-state index contributed by atoms with van der Waals surface area (Å²) in [5.41, 5.74) is -0.294. The number of ether oxygens (including phenoxy) is 9. The number of fused-ring (bicyclic) bond motifs is 1. The molecule has 2 fully saturated rings. The Balaban J connectivity index is 1.52. The van der Waals surface area contributed by atoms with E-state index in [4.69, 9.17) is 47.0 Å². The van der Waals surface area contributed by atoms with E-state index >= 15 is 0 Å². The van der Waals surface area contributed by atoms with Gasteiger partial charge in [0.1, 0.15) is 53.7 Å². The summed E-state index contributed by atoms with van der Waals surface area (Å²) < 4.78 is 56.5. The highest BCUT2D eigenvalue weighted by atomic mass is 16.7. The third-order valence-corrected chi connectivity index (χ3v) is 8.44. The van der Waals surface area contributed by atoms with E-state index in [2.05, 4.69) is 0 Å². The molecule has 2 aliphatic heterocycles. The molecule has 10 atom stereocenters. The molecule has 49 heavy (non-hydrogen) atoms. The first-order valence-corrected chi connectivity index (χ1v) is 15.1. The van der Waals surface area contributed by atoms with Crippen LogP contribution in [-0.2, 0) is 14.2 Å².